The van der Waals surface area contributed by atoms with Crippen molar-refractivity contribution in [2.24, 2.45) is 11.8 Å². The van der Waals surface area contributed by atoms with Gasteiger partial charge in [0.05, 0.1) is 17.6 Å². The molecule has 0 heterocycles. The number of nitro groups is 1. The number of hydrazine groups is 1. The molecule has 0 saturated carbocycles. The molecule has 4 N–H and O–H groups in total. The van der Waals surface area contributed by atoms with Gasteiger partial charge in [0.25, 0.3) is 11.6 Å². The highest BCUT2D eigenvalue weighted by atomic mass is 16.6. The number of hydrogen-bond donors (Lipinski definition) is 3. The summed E-state index contributed by atoms with van der Waals surface area (Å²) in [5.74, 6) is 4.99. The number of hydrogen-bond acceptors (Lipinski definition) is 6. The van der Waals surface area contributed by atoms with E-state index >= 15 is 0 Å². The molecule has 0 fully saturated rings. The van der Waals surface area contributed by atoms with Crippen LogP contribution in [0, 0.1) is 16.0 Å². The molecule has 0 spiro atoms. The minimum atomic E-state index is -0.596. The SMILES string of the molecule is COCC(NC(=O)c1ccc(NN)c([N+](=O)[O-])c1)C(C)C. The van der Waals surface area contributed by atoms with Crippen LogP contribution in [0.15, 0.2) is 18.2 Å². The maximum Gasteiger partial charge on any atom is 0.294 e. The van der Waals surface area contributed by atoms with Gasteiger partial charge in [-0.3, -0.25) is 20.8 Å². The highest BCUT2D eigenvalue weighted by molar-refractivity contribution is 5.95. The molecule has 1 amide bonds. The number of methoxy groups -OCH3 is 1. The number of nitrogens with one attached hydrogen (secondary N) is 2. The lowest BCUT2D eigenvalue weighted by Gasteiger charge is -2.21. The standard InChI is InChI=1S/C13H20N4O4/c1-8(2)11(7-21-3)15-13(18)9-4-5-10(16-14)12(6-9)17(19)20/h4-6,8,11,16H,7,14H2,1-3H3,(H,15,18). The van der Waals surface area contributed by atoms with Gasteiger partial charge in [0.1, 0.15) is 5.69 Å². The molecule has 1 atom stereocenters. The van der Waals surface area contributed by atoms with Crippen molar-refractivity contribution in [3.8, 4) is 0 Å². The van der Waals surface area contributed by atoms with Crippen molar-refractivity contribution in [3.05, 3.63) is 33.9 Å². The Labute approximate surface area is 122 Å². The van der Waals surface area contributed by atoms with E-state index in [2.05, 4.69) is 10.7 Å². The Morgan fingerprint density at radius 3 is 2.62 bits per heavy atom. The molecular weight excluding hydrogens is 276 g/mol. The Balaban J connectivity index is 2.97. The Bertz CT molecular complexity index is 519. The average Bonchev–Trinajstić information content (AvgIpc) is 2.45. The summed E-state index contributed by atoms with van der Waals surface area (Å²) in [5, 5.41) is 13.7. The number of benzene rings is 1. The monoisotopic (exact) mass is 296 g/mol. The lowest BCUT2D eigenvalue weighted by Crippen LogP contribution is -2.41. The summed E-state index contributed by atoms with van der Waals surface area (Å²) in [6, 6.07) is 3.89. The third-order valence-electron chi connectivity index (χ3n) is 3.08. The smallest absolute Gasteiger partial charge is 0.294 e. The highest BCUT2D eigenvalue weighted by Crippen LogP contribution is 2.24. The van der Waals surface area contributed by atoms with Gasteiger partial charge in [-0.25, -0.2) is 0 Å². The minimum absolute atomic E-state index is 0.147. The molecule has 0 bridgehead atoms. The van der Waals surface area contributed by atoms with Gasteiger partial charge in [0.2, 0.25) is 0 Å². The van der Waals surface area contributed by atoms with Crippen molar-refractivity contribution >= 4 is 17.3 Å². The number of ether oxygens (including phenoxy) is 1. The summed E-state index contributed by atoms with van der Waals surface area (Å²) < 4.78 is 5.05. The number of carbonyl (C=O) groups is 1. The van der Waals surface area contributed by atoms with Crippen LogP contribution in [0.2, 0.25) is 0 Å². The molecule has 1 unspecified atom stereocenters. The Kier molecular flexibility index (Phi) is 6.07. The first kappa shape index (κ1) is 16.9. The van der Waals surface area contributed by atoms with Crippen molar-refractivity contribution < 1.29 is 14.5 Å². The van der Waals surface area contributed by atoms with Crippen molar-refractivity contribution in [1.29, 1.82) is 0 Å². The molecule has 8 nitrogen and oxygen atoms in total. The first-order valence-corrected chi connectivity index (χ1v) is 6.45. The predicted octanol–water partition coefficient (Wildman–Crippen LogP) is 1.28. The largest absolute Gasteiger partial charge is 0.383 e. The van der Waals surface area contributed by atoms with Crippen LogP contribution in [0.25, 0.3) is 0 Å². The van der Waals surface area contributed by atoms with E-state index in [0.717, 1.165) is 0 Å². The zero-order valence-corrected chi connectivity index (χ0v) is 12.3. The summed E-state index contributed by atoms with van der Waals surface area (Å²) in [5.41, 5.74) is 2.32. The molecule has 0 aliphatic heterocycles. The zero-order valence-electron chi connectivity index (χ0n) is 12.3. The van der Waals surface area contributed by atoms with Crippen LogP contribution in [0.1, 0.15) is 24.2 Å². The van der Waals surface area contributed by atoms with E-state index in [1.54, 1.807) is 7.11 Å². The zero-order chi connectivity index (χ0) is 16.0. The van der Waals surface area contributed by atoms with Crippen LogP contribution in [0.5, 0.6) is 0 Å². The minimum Gasteiger partial charge on any atom is -0.383 e. The number of carbonyl (C=O) groups excluding carboxylic acids is 1. The van der Waals surface area contributed by atoms with Gasteiger partial charge in [0.15, 0.2) is 0 Å². The number of anilines is 1. The molecule has 0 aromatic heterocycles. The van der Waals surface area contributed by atoms with Gasteiger partial charge < -0.3 is 15.5 Å². The molecule has 1 aromatic rings. The molecule has 0 aliphatic rings. The maximum atomic E-state index is 12.2. The van der Waals surface area contributed by atoms with E-state index in [9.17, 15) is 14.9 Å². The van der Waals surface area contributed by atoms with Crippen molar-refractivity contribution in [2.45, 2.75) is 19.9 Å². The van der Waals surface area contributed by atoms with Gasteiger partial charge in [-0.15, -0.1) is 0 Å². The van der Waals surface area contributed by atoms with E-state index in [1.165, 1.54) is 18.2 Å². The molecule has 8 heteroatoms. The first-order valence-electron chi connectivity index (χ1n) is 6.45. The highest BCUT2D eigenvalue weighted by Gasteiger charge is 2.20. The van der Waals surface area contributed by atoms with Crippen LogP contribution in [-0.4, -0.2) is 30.6 Å². The molecule has 21 heavy (non-hydrogen) atoms. The van der Waals surface area contributed by atoms with Crippen LogP contribution in [0.4, 0.5) is 11.4 Å². The van der Waals surface area contributed by atoms with Gasteiger partial charge >= 0.3 is 0 Å². The van der Waals surface area contributed by atoms with Crippen LogP contribution in [-0.2, 0) is 4.74 Å². The van der Waals surface area contributed by atoms with Crippen molar-refractivity contribution in [1.82, 2.24) is 5.32 Å². The lowest BCUT2D eigenvalue weighted by molar-refractivity contribution is -0.384. The van der Waals surface area contributed by atoms with Gasteiger partial charge in [0, 0.05) is 18.7 Å². The number of rotatable bonds is 7. The molecular formula is C13H20N4O4. The van der Waals surface area contributed by atoms with Gasteiger partial charge in [-0.1, -0.05) is 13.8 Å². The fourth-order valence-corrected chi connectivity index (χ4v) is 1.78. The van der Waals surface area contributed by atoms with Crippen LogP contribution < -0.4 is 16.6 Å². The molecule has 1 rings (SSSR count). The summed E-state index contributed by atoms with van der Waals surface area (Å²) >= 11 is 0. The van der Waals surface area contributed by atoms with E-state index in [1.807, 2.05) is 13.8 Å². The second-order valence-corrected chi connectivity index (χ2v) is 4.91. The van der Waals surface area contributed by atoms with E-state index in [-0.39, 0.29) is 28.9 Å². The fraction of sp³-hybridized carbons (Fsp3) is 0.462. The van der Waals surface area contributed by atoms with E-state index in [0.29, 0.717) is 6.61 Å². The lowest BCUT2D eigenvalue weighted by atomic mass is 10.0. The van der Waals surface area contributed by atoms with Gasteiger partial charge in [-0.2, -0.15) is 0 Å². The quantitative estimate of drug-likeness (QED) is 0.396. The second kappa shape index (κ2) is 7.55. The average molecular weight is 296 g/mol. The van der Waals surface area contributed by atoms with E-state index < -0.39 is 10.8 Å². The Hall–Kier alpha value is -2.19. The van der Waals surface area contributed by atoms with E-state index in [4.69, 9.17) is 10.6 Å². The van der Waals surface area contributed by atoms with Gasteiger partial charge in [-0.05, 0) is 18.1 Å². The molecule has 0 radical (unpaired) electrons. The summed E-state index contributed by atoms with van der Waals surface area (Å²) in [4.78, 5) is 22.5. The maximum absolute atomic E-state index is 12.2. The number of nitro benzene ring substituents is 1. The molecule has 0 saturated heterocycles. The third-order valence-corrected chi connectivity index (χ3v) is 3.08. The number of nitrogens with two attached hydrogens (primary N) is 1. The molecule has 0 aliphatic carbocycles. The number of nitrogen functional groups attached to an aromatic ring is 1. The van der Waals surface area contributed by atoms with Crippen LogP contribution in [0.3, 0.4) is 0 Å². The molecule has 1 aromatic carbocycles. The predicted molar refractivity (Wildman–Crippen MR) is 78.9 cm³/mol. The Morgan fingerprint density at radius 1 is 1.48 bits per heavy atom. The second-order valence-electron chi connectivity index (χ2n) is 4.91. The van der Waals surface area contributed by atoms with Crippen molar-refractivity contribution in [2.75, 3.05) is 19.1 Å². The fourth-order valence-electron chi connectivity index (χ4n) is 1.78. The normalized spacial score (nSPS) is 12.0. The van der Waals surface area contributed by atoms with Crippen LogP contribution >= 0.6 is 0 Å². The topological polar surface area (TPSA) is 120 Å². The summed E-state index contributed by atoms with van der Waals surface area (Å²) in [7, 11) is 1.55. The third kappa shape index (κ3) is 4.40. The van der Waals surface area contributed by atoms with Crippen molar-refractivity contribution in [3.63, 3.8) is 0 Å². The number of nitrogens with zero attached hydrogens (tertiary/aromatic N) is 1. The summed E-state index contributed by atoms with van der Waals surface area (Å²) in [6.07, 6.45) is 0. The molecule has 116 valence electrons. The first-order chi connectivity index (χ1) is 9.90. The summed E-state index contributed by atoms with van der Waals surface area (Å²) in [6.45, 7) is 4.27. The number of amides is 1. The Morgan fingerprint density at radius 2 is 2.14 bits per heavy atom.